The van der Waals surface area contributed by atoms with Gasteiger partial charge in [0.15, 0.2) is 11.7 Å². The van der Waals surface area contributed by atoms with E-state index < -0.39 is 5.92 Å². The van der Waals surface area contributed by atoms with Crippen molar-refractivity contribution in [3.05, 3.63) is 50.9 Å². The number of Topliss-reactive ketones (excluding diaryl/α,β-unsaturated/α-hetero) is 1. The van der Waals surface area contributed by atoms with Gasteiger partial charge in [-0.3, -0.25) is 4.79 Å². The van der Waals surface area contributed by atoms with E-state index >= 15 is 0 Å². The number of nitriles is 1. The molecule has 2 aromatic rings. The van der Waals surface area contributed by atoms with Gasteiger partial charge in [-0.2, -0.15) is 5.26 Å². The monoisotopic (exact) mass is 320 g/mol. The summed E-state index contributed by atoms with van der Waals surface area (Å²) < 4.78 is 5.37. The molecule has 0 amide bonds. The lowest BCUT2D eigenvalue weighted by Crippen LogP contribution is -2.17. The Morgan fingerprint density at radius 1 is 1.52 bits per heavy atom. The summed E-state index contributed by atoms with van der Waals surface area (Å²) in [6.07, 6.45) is 0. The quantitative estimate of drug-likeness (QED) is 0.817. The third kappa shape index (κ3) is 4.11. The van der Waals surface area contributed by atoms with E-state index in [1.165, 1.54) is 11.3 Å². The lowest BCUT2D eigenvalue weighted by molar-refractivity contribution is -0.124. The minimum Gasteiger partial charge on any atom is -0.369 e. The first-order valence-electron chi connectivity index (χ1n) is 6.27. The second-order valence-electron chi connectivity index (χ2n) is 4.44. The van der Waals surface area contributed by atoms with Crippen LogP contribution < -0.4 is 0 Å². The van der Waals surface area contributed by atoms with E-state index in [0.29, 0.717) is 10.0 Å². The van der Waals surface area contributed by atoms with Crippen molar-refractivity contribution in [2.75, 3.05) is 6.61 Å². The molecule has 1 heterocycles. The number of hydrogen-bond donors (Lipinski definition) is 0. The minimum atomic E-state index is -0.866. The van der Waals surface area contributed by atoms with Crippen molar-refractivity contribution in [1.29, 1.82) is 5.26 Å². The number of thiazole rings is 1. The fraction of sp³-hybridized carbons (Fsp3) is 0.267. The van der Waals surface area contributed by atoms with Gasteiger partial charge in [-0.05, 0) is 18.6 Å². The van der Waals surface area contributed by atoms with Crippen molar-refractivity contribution < 1.29 is 9.53 Å². The van der Waals surface area contributed by atoms with Gasteiger partial charge in [-0.1, -0.05) is 29.8 Å². The highest BCUT2D eigenvalue weighted by atomic mass is 35.5. The molecule has 0 aliphatic rings. The van der Waals surface area contributed by atoms with E-state index in [1.54, 1.807) is 6.07 Å². The summed E-state index contributed by atoms with van der Waals surface area (Å²) in [6, 6.07) is 9.26. The lowest BCUT2D eigenvalue weighted by Gasteiger charge is -2.07. The Balaban J connectivity index is 1.92. The van der Waals surface area contributed by atoms with Crippen LogP contribution in [-0.4, -0.2) is 17.4 Å². The average Bonchev–Trinajstić information content (AvgIpc) is 2.88. The number of halogens is 1. The number of benzene rings is 1. The largest absolute Gasteiger partial charge is 0.369 e. The van der Waals surface area contributed by atoms with Crippen molar-refractivity contribution in [1.82, 2.24) is 4.98 Å². The predicted molar refractivity (Wildman–Crippen MR) is 81.3 cm³/mol. The minimum absolute atomic E-state index is 0.137. The highest BCUT2D eigenvalue weighted by Gasteiger charge is 2.23. The molecule has 1 aromatic carbocycles. The van der Waals surface area contributed by atoms with Crippen LogP contribution in [0.5, 0.6) is 0 Å². The summed E-state index contributed by atoms with van der Waals surface area (Å²) in [5.41, 5.74) is 1.62. The summed E-state index contributed by atoms with van der Waals surface area (Å²) in [6.45, 7) is 1.93. The van der Waals surface area contributed by atoms with Crippen LogP contribution in [0.25, 0.3) is 0 Å². The first kappa shape index (κ1) is 15.6. The SMILES string of the molecule is Cc1csc(C(C#N)C(=O)COCc2ccccc2Cl)n1. The highest BCUT2D eigenvalue weighted by molar-refractivity contribution is 7.09. The molecule has 0 saturated heterocycles. The molecular formula is C15H13ClN2O2S. The highest BCUT2D eigenvalue weighted by Crippen LogP contribution is 2.21. The summed E-state index contributed by atoms with van der Waals surface area (Å²) in [4.78, 5) is 16.2. The summed E-state index contributed by atoms with van der Waals surface area (Å²) in [5, 5.41) is 12.1. The number of aromatic nitrogens is 1. The summed E-state index contributed by atoms with van der Waals surface area (Å²) >= 11 is 7.31. The molecule has 0 fully saturated rings. The van der Waals surface area contributed by atoms with Crippen LogP contribution in [0.1, 0.15) is 22.2 Å². The Morgan fingerprint density at radius 2 is 2.29 bits per heavy atom. The second-order valence-corrected chi connectivity index (χ2v) is 5.74. The van der Waals surface area contributed by atoms with Crippen molar-refractivity contribution in [2.45, 2.75) is 19.4 Å². The molecule has 0 aliphatic heterocycles. The number of ether oxygens (including phenoxy) is 1. The first-order valence-corrected chi connectivity index (χ1v) is 7.53. The Bertz CT molecular complexity index is 678. The normalized spacial score (nSPS) is 11.9. The second kappa shape index (κ2) is 7.32. The number of nitrogens with zero attached hydrogens (tertiary/aromatic N) is 2. The Kier molecular flexibility index (Phi) is 5.45. The summed E-state index contributed by atoms with van der Waals surface area (Å²) in [7, 11) is 0. The van der Waals surface area contributed by atoms with Gasteiger partial charge in [0.25, 0.3) is 0 Å². The molecular weight excluding hydrogens is 308 g/mol. The molecule has 6 heteroatoms. The van der Waals surface area contributed by atoms with Crippen LogP contribution in [0.2, 0.25) is 5.02 Å². The van der Waals surface area contributed by atoms with Gasteiger partial charge in [0.05, 0.1) is 12.7 Å². The Labute approximate surface area is 132 Å². The Morgan fingerprint density at radius 3 is 2.90 bits per heavy atom. The number of aryl methyl sites for hydroxylation is 1. The fourth-order valence-corrected chi connectivity index (χ4v) is 2.78. The molecule has 1 aromatic heterocycles. The van der Waals surface area contributed by atoms with E-state index in [1.807, 2.05) is 36.6 Å². The van der Waals surface area contributed by atoms with Gasteiger partial charge < -0.3 is 4.74 Å². The van der Waals surface area contributed by atoms with Crippen LogP contribution >= 0.6 is 22.9 Å². The van der Waals surface area contributed by atoms with Crippen LogP contribution in [0.3, 0.4) is 0 Å². The van der Waals surface area contributed by atoms with E-state index in [-0.39, 0.29) is 19.0 Å². The maximum absolute atomic E-state index is 12.0. The number of hydrogen-bond acceptors (Lipinski definition) is 5. The molecule has 1 atom stereocenters. The maximum Gasteiger partial charge on any atom is 0.182 e. The fourth-order valence-electron chi connectivity index (χ4n) is 1.73. The zero-order valence-corrected chi connectivity index (χ0v) is 12.9. The first-order chi connectivity index (χ1) is 10.1. The molecule has 0 saturated carbocycles. The lowest BCUT2D eigenvalue weighted by atomic mass is 10.1. The van der Waals surface area contributed by atoms with Crippen LogP contribution in [-0.2, 0) is 16.1 Å². The standard InChI is InChI=1S/C15H13ClN2O2S/c1-10-9-21-15(18-10)12(6-17)14(19)8-20-7-11-4-2-3-5-13(11)16/h2-5,9,12H,7-8H2,1H3. The molecule has 0 aliphatic carbocycles. The van der Waals surface area contributed by atoms with E-state index in [2.05, 4.69) is 4.98 Å². The zero-order chi connectivity index (χ0) is 15.2. The third-order valence-electron chi connectivity index (χ3n) is 2.79. The van der Waals surface area contributed by atoms with Crippen molar-refractivity contribution in [3.8, 4) is 6.07 Å². The van der Waals surface area contributed by atoms with Gasteiger partial charge in [0.2, 0.25) is 0 Å². The zero-order valence-electron chi connectivity index (χ0n) is 11.4. The van der Waals surface area contributed by atoms with Gasteiger partial charge >= 0.3 is 0 Å². The van der Waals surface area contributed by atoms with E-state index in [0.717, 1.165) is 11.3 Å². The number of ketones is 1. The number of rotatable bonds is 6. The van der Waals surface area contributed by atoms with Gasteiger partial charge in [0, 0.05) is 16.1 Å². The van der Waals surface area contributed by atoms with Crippen molar-refractivity contribution in [2.24, 2.45) is 0 Å². The van der Waals surface area contributed by atoms with Gasteiger partial charge in [-0.15, -0.1) is 11.3 Å². The smallest absolute Gasteiger partial charge is 0.182 e. The number of carbonyl (C=O) groups excluding carboxylic acids is 1. The van der Waals surface area contributed by atoms with Gasteiger partial charge in [0.1, 0.15) is 11.6 Å². The van der Waals surface area contributed by atoms with Gasteiger partial charge in [-0.25, -0.2) is 4.98 Å². The maximum atomic E-state index is 12.0. The van der Waals surface area contributed by atoms with Crippen LogP contribution in [0, 0.1) is 18.3 Å². The molecule has 4 nitrogen and oxygen atoms in total. The average molecular weight is 321 g/mol. The molecule has 0 spiro atoms. The Hall–Kier alpha value is -1.74. The van der Waals surface area contributed by atoms with Crippen LogP contribution in [0.4, 0.5) is 0 Å². The number of carbonyl (C=O) groups is 1. The molecule has 108 valence electrons. The molecule has 0 radical (unpaired) electrons. The predicted octanol–water partition coefficient (Wildman–Crippen LogP) is 3.50. The molecule has 0 bridgehead atoms. The van der Waals surface area contributed by atoms with E-state index in [9.17, 15) is 4.79 Å². The third-order valence-corrected chi connectivity index (χ3v) is 4.19. The topological polar surface area (TPSA) is 63.0 Å². The molecule has 0 N–H and O–H groups in total. The van der Waals surface area contributed by atoms with E-state index in [4.69, 9.17) is 21.6 Å². The molecule has 21 heavy (non-hydrogen) atoms. The van der Waals surface area contributed by atoms with Crippen molar-refractivity contribution >= 4 is 28.7 Å². The van der Waals surface area contributed by atoms with Crippen LogP contribution in [0.15, 0.2) is 29.6 Å². The summed E-state index contributed by atoms with van der Waals surface area (Å²) in [5.74, 6) is -1.16. The molecule has 2 rings (SSSR count). The molecule has 1 unspecified atom stereocenters. The van der Waals surface area contributed by atoms with Crippen molar-refractivity contribution in [3.63, 3.8) is 0 Å².